The molecule has 3 rings (SSSR count). The number of anilines is 1. The second-order valence-corrected chi connectivity index (χ2v) is 6.04. The maximum atomic E-state index is 11.3. The van der Waals surface area contributed by atoms with Gasteiger partial charge < -0.3 is 10.4 Å². The first kappa shape index (κ1) is 15.5. The Kier molecular flexibility index (Phi) is 4.86. The van der Waals surface area contributed by atoms with Crippen molar-refractivity contribution in [1.82, 2.24) is 10.2 Å². The van der Waals surface area contributed by atoms with Crippen molar-refractivity contribution >= 4 is 11.8 Å². The van der Waals surface area contributed by atoms with Gasteiger partial charge in [0.25, 0.3) is 0 Å². The van der Waals surface area contributed by atoms with Crippen LogP contribution in [0.15, 0.2) is 42.5 Å². The van der Waals surface area contributed by atoms with E-state index in [1.54, 1.807) is 0 Å². The number of rotatable bonds is 5. The molecule has 0 saturated heterocycles. The second-order valence-electron chi connectivity index (χ2n) is 6.04. The fourth-order valence-electron chi connectivity index (χ4n) is 3.20. The van der Waals surface area contributed by atoms with Crippen LogP contribution in [0.4, 0.5) is 5.82 Å². The van der Waals surface area contributed by atoms with Crippen LogP contribution in [0.3, 0.4) is 0 Å². The van der Waals surface area contributed by atoms with Crippen molar-refractivity contribution < 1.29 is 9.90 Å². The molecule has 0 spiro atoms. The lowest BCUT2D eigenvalue weighted by molar-refractivity contribution is -0.144. The molecule has 2 atom stereocenters. The number of hydrogen-bond acceptors (Lipinski definition) is 4. The molecule has 2 aromatic rings. The molecule has 120 valence electrons. The molecule has 0 aliphatic heterocycles. The summed E-state index contributed by atoms with van der Waals surface area (Å²) in [5.74, 6) is -0.0638. The molecule has 0 unspecified atom stereocenters. The highest BCUT2D eigenvalue weighted by atomic mass is 16.4. The van der Waals surface area contributed by atoms with Gasteiger partial charge in [0.1, 0.15) is 5.82 Å². The van der Waals surface area contributed by atoms with Gasteiger partial charge in [-0.05, 0) is 30.9 Å². The highest BCUT2D eigenvalue weighted by molar-refractivity contribution is 5.70. The molecule has 0 radical (unpaired) electrons. The van der Waals surface area contributed by atoms with Crippen LogP contribution in [-0.2, 0) is 4.79 Å². The van der Waals surface area contributed by atoms with Gasteiger partial charge in [0.15, 0.2) is 0 Å². The van der Waals surface area contributed by atoms with E-state index < -0.39 is 5.97 Å². The van der Waals surface area contributed by atoms with Gasteiger partial charge in [0.05, 0.1) is 11.6 Å². The number of nitrogens with zero attached hydrogens (tertiary/aromatic N) is 2. The molecule has 5 nitrogen and oxygen atoms in total. The summed E-state index contributed by atoms with van der Waals surface area (Å²) in [4.78, 5) is 11.3. The van der Waals surface area contributed by atoms with E-state index in [-0.39, 0.29) is 11.8 Å². The Hall–Kier alpha value is -2.43. The van der Waals surface area contributed by atoms with Crippen LogP contribution in [0.5, 0.6) is 0 Å². The standard InChI is InChI=1S/C18H21N3O2/c22-18(23)15-9-5-4-8-14(15)12-19-17-11-10-16(20-21-17)13-6-2-1-3-7-13/h1-3,6-7,10-11,14-15H,4-5,8-9,12H2,(H,19,21)(H,22,23)/t14-,15-/m0/s1. The second kappa shape index (κ2) is 7.22. The van der Waals surface area contributed by atoms with Crippen molar-refractivity contribution in [1.29, 1.82) is 0 Å². The Balaban J connectivity index is 1.61. The van der Waals surface area contributed by atoms with E-state index >= 15 is 0 Å². The summed E-state index contributed by atoms with van der Waals surface area (Å²) in [6.07, 6.45) is 3.85. The Labute approximate surface area is 135 Å². The van der Waals surface area contributed by atoms with E-state index in [1.165, 1.54) is 0 Å². The lowest BCUT2D eigenvalue weighted by atomic mass is 9.79. The molecule has 1 fully saturated rings. The zero-order valence-corrected chi connectivity index (χ0v) is 13.0. The average molecular weight is 311 g/mol. The van der Waals surface area contributed by atoms with E-state index in [9.17, 15) is 9.90 Å². The molecule has 0 bridgehead atoms. The maximum Gasteiger partial charge on any atom is 0.306 e. The van der Waals surface area contributed by atoms with E-state index in [4.69, 9.17) is 0 Å². The van der Waals surface area contributed by atoms with Crippen molar-refractivity contribution in [3.63, 3.8) is 0 Å². The SMILES string of the molecule is O=C(O)[C@H]1CCCC[C@H]1CNc1ccc(-c2ccccc2)nn1. The van der Waals surface area contributed by atoms with Crippen LogP contribution in [0.2, 0.25) is 0 Å². The first-order valence-corrected chi connectivity index (χ1v) is 8.10. The molecule has 1 aliphatic carbocycles. The summed E-state index contributed by atoms with van der Waals surface area (Å²) >= 11 is 0. The molecule has 2 N–H and O–H groups in total. The number of aliphatic carboxylic acids is 1. The smallest absolute Gasteiger partial charge is 0.306 e. The quantitative estimate of drug-likeness (QED) is 0.884. The predicted octanol–water partition coefficient (Wildman–Crippen LogP) is 3.45. The van der Waals surface area contributed by atoms with Crippen molar-refractivity contribution in [3.05, 3.63) is 42.5 Å². The molecule has 1 saturated carbocycles. The van der Waals surface area contributed by atoms with Gasteiger partial charge in [-0.25, -0.2) is 0 Å². The lowest BCUT2D eigenvalue weighted by Crippen LogP contribution is -2.31. The molecule has 23 heavy (non-hydrogen) atoms. The summed E-state index contributed by atoms with van der Waals surface area (Å²) in [6.45, 7) is 0.635. The van der Waals surface area contributed by atoms with Crippen LogP contribution in [0.1, 0.15) is 25.7 Å². The van der Waals surface area contributed by atoms with Gasteiger partial charge >= 0.3 is 5.97 Å². The average Bonchev–Trinajstić information content (AvgIpc) is 2.61. The number of carbonyl (C=O) groups is 1. The lowest BCUT2D eigenvalue weighted by Gasteiger charge is -2.28. The van der Waals surface area contributed by atoms with Gasteiger partial charge in [0.2, 0.25) is 0 Å². The van der Waals surface area contributed by atoms with E-state index in [0.29, 0.717) is 12.4 Å². The summed E-state index contributed by atoms with van der Waals surface area (Å²) in [6, 6.07) is 13.7. The number of benzene rings is 1. The van der Waals surface area contributed by atoms with Crippen molar-refractivity contribution in [2.45, 2.75) is 25.7 Å². The summed E-state index contributed by atoms with van der Waals surface area (Å²) in [5, 5.41) is 21.0. The van der Waals surface area contributed by atoms with Crippen LogP contribution in [-0.4, -0.2) is 27.8 Å². The largest absolute Gasteiger partial charge is 0.481 e. The van der Waals surface area contributed by atoms with Gasteiger partial charge in [-0.2, -0.15) is 0 Å². The molecule has 1 aromatic heterocycles. The molecule has 1 aromatic carbocycles. The fraction of sp³-hybridized carbons (Fsp3) is 0.389. The van der Waals surface area contributed by atoms with Gasteiger partial charge in [-0.15, -0.1) is 10.2 Å². The Morgan fingerprint density at radius 1 is 1.09 bits per heavy atom. The Bertz CT molecular complexity index is 643. The minimum absolute atomic E-state index is 0.164. The third-order valence-electron chi connectivity index (χ3n) is 4.51. The zero-order chi connectivity index (χ0) is 16.1. The van der Waals surface area contributed by atoms with Crippen molar-refractivity contribution in [2.24, 2.45) is 11.8 Å². The summed E-state index contributed by atoms with van der Waals surface area (Å²) in [7, 11) is 0. The number of nitrogens with one attached hydrogen (secondary N) is 1. The van der Waals surface area contributed by atoms with Crippen molar-refractivity contribution in [2.75, 3.05) is 11.9 Å². The molecule has 1 aliphatic rings. The van der Waals surface area contributed by atoms with E-state index in [2.05, 4.69) is 15.5 Å². The third kappa shape index (κ3) is 3.86. The number of carboxylic acid groups (broad SMARTS) is 1. The molecule has 1 heterocycles. The monoisotopic (exact) mass is 311 g/mol. The van der Waals surface area contributed by atoms with Crippen LogP contribution in [0.25, 0.3) is 11.3 Å². The Morgan fingerprint density at radius 2 is 1.87 bits per heavy atom. The van der Waals surface area contributed by atoms with E-state index in [1.807, 2.05) is 42.5 Å². The molecule has 0 amide bonds. The fourth-order valence-corrected chi connectivity index (χ4v) is 3.20. The third-order valence-corrected chi connectivity index (χ3v) is 4.51. The zero-order valence-electron chi connectivity index (χ0n) is 13.0. The topological polar surface area (TPSA) is 75.1 Å². The molecule has 5 heteroatoms. The first-order valence-electron chi connectivity index (χ1n) is 8.10. The first-order chi connectivity index (χ1) is 11.2. The van der Waals surface area contributed by atoms with Gasteiger partial charge in [-0.1, -0.05) is 43.2 Å². The number of hydrogen-bond donors (Lipinski definition) is 2. The van der Waals surface area contributed by atoms with Crippen LogP contribution in [0, 0.1) is 11.8 Å². The Morgan fingerprint density at radius 3 is 2.57 bits per heavy atom. The predicted molar refractivity (Wildman–Crippen MR) is 89.0 cm³/mol. The van der Waals surface area contributed by atoms with Crippen LogP contribution >= 0.6 is 0 Å². The summed E-state index contributed by atoms with van der Waals surface area (Å²) in [5.41, 5.74) is 1.86. The molecular formula is C18H21N3O2. The highest BCUT2D eigenvalue weighted by Crippen LogP contribution is 2.30. The van der Waals surface area contributed by atoms with Gasteiger partial charge in [0, 0.05) is 12.1 Å². The molecular weight excluding hydrogens is 290 g/mol. The number of carboxylic acids is 1. The normalized spacial score (nSPS) is 20.9. The highest BCUT2D eigenvalue weighted by Gasteiger charge is 2.30. The summed E-state index contributed by atoms with van der Waals surface area (Å²) < 4.78 is 0. The minimum atomic E-state index is -0.679. The van der Waals surface area contributed by atoms with Crippen molar-refractivity contribution in [3.8, 4) is 11.3 Å². The number of aromatic nitrogens is 2. The minimum Gasteiger partial charge on any atom is -0.481 e. The van der Waals surface area contributed by atoms with Gasteiger partial charge in [-0.3, -0.25) is 4.79 Å². The van der Waals surface area contributed by atoms with Crippen LogP contribution < -0.4 is 5.32 Å². The maximum absolute atomic E-state index is 11.3. The van der Waals surface area contributed by atoms with E-state index in [0.717, 1.165) is 36.9 Å².